The third-order valence-electron chi connectivity index (χ3n) is 5.84. The quantitative estimate of drug-likeness (QED) is 0.447. The van der Waals surface area contributed by atoms with Crippen LogP contribution in [0.3, 0.4) is 0 Å². The van der Waals surface area contributed by atoms with Gasteiger partial charge in [-0.1, -0.05) is 30.3 Å². The van der Waals surface area contributed by atoms with Crippen molar-refractivity contribution < 1.29 is 4.79 Å². The first-order valence-corrected chi connectivity index (χ1v) is 10.6. The van der Waals surface area contributed by atoms with E-state index >= 15 is 0 Å². The van der Waals surface area contributed by atoms with Crippen LogP contribution in [0.2, 0.25) is 0 Å². The third kappa shape index (κ3) is 3.28. The first kappa shape index (κ1) is 19.8. The molecular formula is C25H22N4O3. The first-order chi connectivity index (χ1) is 15.6. The Bertz CT molecular complexity index is 1610. The SMILES string of the molecule is CCn1c2ccccc2c2cc(NC(=O)CCn3c(=O)[nH]c(=O)c4ccccc43)ccc21. The highest BCUT2D eigenvalue weighted by Crippen LogP contribution is 2.31. The molecule has 7 nitrogen and oxygen atoms in total. The molecule has 0 aliphatic carbocycles. The molecule has 160 valence electrons. The summed E-state index contributed by atoms with van der Waals surface area (Å²) >= 11 is 0. The minimum atomic E-state index is -0.518. The van der Waals surface area contributed by atoms with Gasteiger partial charge >= 0.3 is 5.69 Å². The number of carbonyl (C=O) groups excluding carboxylic acids is 1. The molecule has 0 unspecified atom stereocenters. The molecule has 2 N–H and O–H groups in total. The first-order valence-electron chi connectivity index (χ1n) is 10.6. The van der Waals surface area contributed by atoms with Gasteiger partial charge in [-0.05, 0) is 43.3 Å². The largest absolute Gasteiger partial charge is 0.341 e. The molecule has 0 bridgehead atoms. The van der Waals surface area contributed by atoms with Crippen LogP contribution < -0.4 is 16.6 Å². The smallest absolute Gasteiger partial charge is 0.328 e. The Kier molecular flexibility index (Phi) is 4.86. The zero-order chi connectivity index (χ0) is 22.2. The van der Waals surface area contributed by atoms with Crippen LogP contribution in [-0.4, -0.2) is 20.0 Å². The van der Waals surface area contributed by atoms with Crippen LogP contribution in [0.25, 0.3) is 32.7 Å². The van der Waals surface area contributed by atoms with E-state index in [9.17, 15) is 14.4 Å². The van der Waals surface area contributed by atoms with Crippen molar-refractivity contribution in [3.8, 4) is 0 Å². The van der Waals surface area contributed by atoms with Crippen LogP contribution in [0.15, 0.2) is 76.3 Å². The van der Waals surface area contributed by atoms with Crippen LogP contribution in [0.1, 0.15) is 13.3 Å². The van der Waals surface area contributed by atoms with Crippen LogP contribution in [0.4, 0.5) is 5.69 Å². The number of H-pyrrole nitrogens is 1. The Labute approximate surface area is 182 Å². The molecule has 32 heavy (non-hydrogen) atoms. The molecule has 1 amide bonds. The predicted molar refractivity (Wildman–Crippen MR) is 127 cm³/mol. The maximum Gasteiger partial charge on any atom is 0.328 e. The molecule has 0 aliphatic rings. The van der Waals surface area contributed by atoms with Crippen molar-refractivity contribution in [3.63, 3.8) is 0 Å². The number of amides is 1. The summed E-state index contributed by atoms with van der Waals surface area (Å²) in [5.74, 6) is -0.203. The number of hydrogen-bond acceptors (Lipinski definition) is 3. The number of aromatic nitrogens is 3. The number of nitrogens with one attached hydrogen (secondary N) is 2. The fourth-order valence-electron chi connectivity index (χ4n) is 4.37. The molecule has 0 saturated heterocycles. The van der Waals surface area contributed by atoms with Crippen molar-refractivity contribution in [1.29, 1.82) is 0 Å². The third-order valence-corrected chi connectivity index (χ3v) is 5.84. The minimum absolute atomic E-state index is 0.102. The van der Waals surface area contributed by atoms with Gasteiger partial charge in [0.2, 0.25) is 5.91 Å². The molecule has 0 fully saturated rings. The summed E-state index contributed by atoms with van der Waals surface area (Å²) in [4.78, 5) is 39.3. The van der Waals surface area contributed by atoms with Crippen molar-refractivity contribution in [2.45, 2.75) is 26.4 Å². The zero-order valence-corrected chi connectivity index (χ0v) is 17.6. The van der Waals surface area contributed by atoms with E-state index in [4.69, 9.17) is 0 Å². The van der Waals surface area contributed by atoms with Crippen LogP contribution in [0.5, 0.6) is 0 Å². The molecule has 0 saturated carbocycles. The number of aromatic amines is 1. The Morgan fingerprint density at radius 3 is 2.25 bits per heavy atom. The van der Waals surface area contributed by atoms with Crippen molar-refractivity contribution in [1.82, 2.24) is 14.1 Å². The molecule has 5 aromatic rings. The average Bonchev–Trinajstić information content (AvgIpc) is 3.12. The van der Waals surface area contributed by atoms with Gasteiger partial charge in [0.1, 0.15) is 0 Å². The van der Waals surface area contributed by atoms with Crippen molar-refractivity contribution >= 4 is 44.3 Å². The average molecular weight is 426 g/mol. The lowest BCUT2D eigenvalue weighted by molar-refractivity contribution is -0.116. The fourth-order valence-corrected chi connectivity index (χ4v) is 4.37. The summed E-state index contributed by atoms with van der Waals surface area (Å²) in [5, 5.41) is 5.59. The van der Waals surface area contributed by atoms with E-state index in [0.717, 1.165) is 28.4 Å². The van der Waals surface area contributed by atoms with Gasteiger partial charge in [0, 0.05) is 47.0 Å². The van der Waals surface area contributed by atoms with E-state index in [1.807, 2.05) is 30.3 Å². The molecular weight excluding hydrogens is 404 g/mol. The van der Waals surface area contributed by atoms with Gasteiger partial charge in [0.15, 0.2) is 0 Å². The lowest BCUT2D eigenvalue weighted by atomic mass is 10.1. The van der Waals surface area contributed by atoms with Crippen molar-refractivity contribution in [2.75, 3.05) is 5.32 Å². The lowest BCUT2D eigenvalue weighted by Gasteiger charge is -2.10. The number of nitrogens with zero attached hydrogens (tertiary/aromatic N) is 2. The maximum absolute atomic E-state index is 12.7. The van der Waals surface area contributed by atoms with Gasteiger partial charge in [0.05, 0.1) is 10.9 Å². The number of carbonyl (C=O) groups is 1. The van der Waals surface area contributed by atoms with E-state index in [0.29, 0.717) is 16.6 Å². The normalized spacial score (nSPS) is 11.4. The Morgan fingerprint density at radius 1 is 0.844 bits per heavy atom. The summed E-state index contributed by atoms with van der Waals surface area (Å²) in [5.41, 5.74) is 2.57. The number of anilines is 1. The zero-order valence-electron chi connectivity index (χ0n) is 17.6. The van der Waals surface area contributed by atoms with E-state index in [-0.39, 0.29) is 18.9 Å². The van der Waals surface area contributed by atoms with Crippen molar-refractivity contribution in [3.05, 3.63) is 87.6 Å². The molecule has 2 heterocycles. The molecule has 0 radical (unpaired) electrons. The maximum atomic E-state index is 12.7. The number of para-hydroxylation sites is 2. The number of aryl methyl sites for hydroxylation is 2. The summed E-state index contributed by atoms with van der Waals surface area (Å²) < 4.78 is 3.68. The van der Waals surface area contributed by atoms with E-state index in [1.165, 1.54) is 4.57 Å². The Balaban J connectivity index is 1.41. The molecule has 3 aromatic carbocycles. The highest BCUT2D eigenvalue weighted by atomic mass is 16.2. The molecule has 5 rings (SSSR count). The van der Waals surface area contributed by atoms with E-state index in [2.05, 4.69) is 33.9 Å². The summed E-state index contributed by atoms with van der Waals surface area (Å²) in [7, 11) is 0. The monoisotopic (exact) mass is 426 g/mol. The molecule has 2 aromatic heterocycles. The molecule has 0 spiro atoms. The van der Waals surface area contributed by atoms with Gasteiger partial charge in [0.25, 0.3) is 5.56 Å². The lowest BCUT2D eigenvalue weighted by Crippen LogP contribution is -2.31. The molecule has 0 atom stereocenters. The van der Waals surface area contributed by atoms with Gasteiger partial charge in [-0.2, -0.15) is 0 Å². The highest BCUT2D eigenvalue weighted by Gasteiger charge is 2.12. The van der Waals surface area contributed by atoms with E-state index in [1.54, 1.807) is 24.3 Å². The number of fused-ring (bicyclic) bond motifs is 4. The fraction of sp³-hybridized carbons (Fsp3) is 0.160. The summed E-state index contributed by atoms with van der Waals surface area (Å²) in [6.45, 7) is 3.14. The van der Waals surface area contributed by atoms with Gasteiger partial charge < -0.3 is 9.88 Å². The predicted octanol–water partition coefficient (Wildman–Crippen LogP) is 3.85. The Morgan fingerprint density at radius 2 is 1.50 bits per heavy atom. The summed E-state index contributed by atoms with van der Waals surface area (Å²) in [6.07, 6.45) is 0.102. The van der Waals surface area contributed by atoms with Crippen molar-refractivity contribution in [2.24, 2.45) is 0 Å². The number of rotatable bonds is 5. The van der Waals surface area contributed by atoms with Crippen LogP contribution in [-0.2, 0) is 17.9 Å². The molecule has 0 aliphatic heterocycles. The second-order valence-corrected chi connectivity index (χ2v) is 7.72. The Hall–Kier alpha value is -4.13. The van der Waals surface area contributed by atoms with Gasteiger partial charge in [-0.3, -0.25) is 19.1 Å². The second kappa shape index (κ2) is 7.85. The minimum Gasteiger partial charge on any atom is -0.341 e. The standard InChI is InChI=1S/C25H22N4O3/c1-2-28-20-9-5-3-7-17(20)19-15-16(11-12-22(19)28)26-23(30)13-14-29-21-10-6-4-8-18(21)24(31)27-25(29)32/h3-12,15H,2,13-14H2,1H3,(H,26,30)(H,27,31,32). The molecule has 7 heteroatoms. The van der Waals surface area contributed by atoms with Crippen LogP contribution >= 0.6 is 0 Å². The van der Waals surface area contributed by atoms with E-state index < -0.39 is 11.2 Å². The summed E-state index contributed by atoms with van der Waals surface area (Å²) in [6, 6.07) is 21.0. The number of hydrogen-bond donors (Lipinski definition) is 2. The van der Waals surface area contributed by atoms with Gasteiger partial charge in [-0.25, -0.2) is 4.79 Å². The topological polar surface area (TPSA) is 88.9 Å². The second-order valence-electron chi connectivity index (χ2n) is 7.72. The highest BCUT2D eigenvalue weighted by molar-refractivity contribution is 6.09. The number of benzene rings is 3. The van der Waals surface area contributed by atoms with Crippen LogP contribution in [0, 0.1) is 0 Å². The van der Waals surface area contributed by atoms with Gasteiger partial charge in [-0.15, -0.1) is 0 Å².